The van der Waals surface area contributed by atoms with E-state index in [9.17, 15) is 24.0 Å². The lowest BCUT2D eigenvalue weighted by atomic mass is 9.96. The molecule has 1 saturated carbocycles. The Labute approximate surface area is 824 Å². The third-order valence-electron chi connectivity index (χ3n) is 24.2. The number of anilines is 5. The number of hydrogen-bond acceptors (Lipinski definition) is 13. The monoisotopic (exact) mass is 1870 g/mol. The minimum absolute atomic E-state index is 0.0129. The van der Waals surface area contributed by atoms with Gasteiger partial charge in [0.2, 0.25) is 29.5 Å². The maximum Gasteiger partial charge on any atom is 0.232 e. The van der Waals surface area contributed by atoms with Crippen LogP contribution in [0.2, 0.25) is 0 Å². The van der Waals surface area contributed by atoms with Crippen LogP contribution in [0.15, 0.2) is 331 Å². The van der Waals surface area contributed by atoms with Crippen molar-refractivity contribution < 1.29 is 37.8 Å². The Morgan fingerprint density at radius 1 is 0.350 bits per heavy atom. The number of nitrogens with zero attached hydrogens (tertiary/aromatic N) is 8. The first-order valence-electron chi connectivity index (χ1n) is 48.6. The van der Waals surface area contributed by atoms with E-state index >= 15 is 0 Å². The number of amides is 5. The molecule has 0 radical (unpaired) electrons. The molecule has 5 amide bonds. The minimum atomic E-state index is -0.268. The van der Waals surface area contributed by atoms with Gasteiger partial charge in [-0.1, -0.05) is 320 Å². The predicted molar refractivity (Wildman–Crippen MR) is 563 cm³/mol. The second-order valence-electron chi connectivity index (χ2n) is 37.9. The second-order valence-corrected chi connectivity index (χ2v) is 37.9. The number of aromatic nitrogens is 8. The van der Waals surface area contributed by atoms with Crippen molar-refractivity contribution in [3.05, 3.63) is 406 Å². The van der Waals surface area contributed by atoms with Crippen LogP contribution in [-0.4, -0.2) is 69.2 Å². The highest BCUT2D eigenvalue weighted by Crippen LogP contribution is 2.41. The van der Waals surface area contributed by atoms with Gasteiger partial charge in [0.15, 0.2) is 11.5 Å². The second kappa shape index (κ2) is 49.6. The topological polar surface area (TPSA) is 260 Å². The largest absolute Gasteiger partial charge is 0.489 e. The maximum absolute atomic E-state index is 13.0. The van der Waals surface area contributed by atoms with Crippen molar-refractivity contribution >= 4 is 58.4 Å². The summed E-state index contributed by atoms with van der Waals surface area (Å²) in [6, 6.07) is 104. The summed E-state index contributed by atoms with van der Waals surface area (Å²) in [6.07, 6.45) is 8.50. The molecule has 0 aliphatic heterocycles. The van der Waals surface area contributed by atoms with Gasteiger partial charge in [0, 0.05) is 35.2 Å². The highest BCUT2D eigenvalue weighted by Gasteiger charge is 2.30. The molecule has 16 aromatic rings. The molecule has 11 aromatic carbocycles. The van der Waals surface area contributed by atoms with E-state index in [0.29, 0.717) is 82.1 Å². The first kappa shape index (κ1) is 102. The number of hydrogen-bond donors (Lipinski definition) is 5. The molecule has 5 N–H and O–H groups in total. The van der Waals surface area contributed by atoms with E-state index in [-0.39, 0.29) is 59.6 Å². The Morgan fingerprint density at radius 3 is 1.11 bits per heavy atom. The zero-order valence-electron chi connectivity index (χ0n) is 83.3. The fraction of sp³-hybridized carbons (Fsp3) is 0.277. The average Bonchev–Trinajstić information content (AvgIpc) is 1.64. The van der Waals surface area contributed by atoms with Gasteiger partial charge in [-0.25, -0.2) is 14.0 Å². The number of rotatable bonds is 32. The highest BCUT2D eigenvalue weighted by atomic mass is 16.5. The molecule has 1 aliphatic carbocycles. The Hall–Kier alpha value is -15.4. The standard InChI is InChI=1S/C25H29N3O.C25H22N2O3.C24H29N3O.C23H26N2O2.C22H25N3O/c1-17(2)15-19-9-11-20(12-10-19)18(3)25(29)26-24-16-23(21-13-14-21)27-28(24)22-7-5-4-6-8-22;1-18-24(25(27-30-18)21-10-6-3-7-11-21)26-23(28)16-19-12-14-22(15-13-19)29-17-20-8-4-2-5-9-20;1-16(2)14-20-8-10-21(11-9-20)19(5)24(28)25-23-15-18(4)26-27(23)22-12-6-17(3)7-13-22;1-15(2)14-18-10-12-19(13-11-18)16(3)23(26)24-21-17(4)27-25-22(21)20-8-6-5-7-9-20;1-16(2)15-18-9-11-19(12-10-18)17(3)22(26)24-21-13-14-23-25(21)20-7-5-4-6-8-20/h4-12,16-18,21H,13-15H2,1-3H3,(H,26,29);2-15H,16-17H2,1H3,(H,26,28);6-13,15-16,19H,14H2,1-5H3,(H,25,28);5-13,15-16H,14H2,1-4H3,(H,24,26);4-14,16-17H,15H2,1-3H3,(H,24,26). The van der Waals surface area contributed by atoms with E-state index in [1.807, 2.05) is 270 Å². The zero-order valence-corrected chi connectivity index (χ0v) is 83.3. The molecular formula is C119H131N13O8. The van der Waals surface area contributed by atoms with E-state index in [2.05, 4.69) is 194 Å². The normalized spacial score (nSPS) is 12.4. The van der Waals surface area contributed by atoms with Crippen LogP contribution in [0.4, 0.5) is 28.8 Å². The van der Waals surface area contributed by atoms with Crippen molar-refractivity contribution in [1.82, 2.24) is 39.7 Å². The van der Waals surface area contributed by atoms with Crippen LogP contribution in [0, 0.1) is 51.4 Å². The Morgan fingerprint density at radius 2 is 0.700 bits per heavy atom. The Balaban J connectivity index is 0.000000147. The van der Waals surface area contributed by atoms with Crippen LogP contribution >= 0.6 is 0 Å². The molecule has 1 aliphatic rings. The molecule has 5 aromatic heterocycles. The smallest absolute Gasteiger partial charge is 0.232 e. The van der Waals surface area contributed by atoms with Crippen molar-refractivity contribution in [3.63, 3.8) is 0 Å². The SMILES string of the molecule is CC(C)Cc1ccc(C(C)C(=O)Nc2cc(C3CC3)nn2-c2ccccc2)cc1.CC(C)Cc1ccc(C(C)C(=O)Nc2ccnn2-c2ccccc2)cc1.Cc1ccc(-n2nc(C)cc2NC(=O)C(C)c2ccc(CC(C)C)cc2)cc1.Cc1onc(-c2ccccc2)c1NC(=O)C(C)c1ccc(CC(C)C)cc1.Cc1onc(-c2ccccc2)c1NC(=O)Cc1ccc(OCc2ccccc2)cc1. The predicted octanol–water partition coefficient (Wildman–Crippen LogP) is 26.9. The number of para-hydroxylation sites is 2. The van der Waals surface area contributed by atoms with Crippen LogP contribution in [-0.2, 0) is 62.7 Å². The molecule has 0 bridgehead atoms. The summed E-state index contributed by atoms with van der Waals surface area (Å²) in [5.41, 5.74) is 21.5. The molecule has 0 spiro atoms. The van der Waals surface area contributed by atoms with Gasteiger partial charge in [-0.3, -0.25) is 24.0 Å². The lowest BCUT2D eigenvalue weighted by Gasteiger charge is -2.15. The molecule has 720 valence electrons. The molecule has 0 saturated heterocycles. The number of aryl methyl sites for hydroxylation is 4. The lowest BCUT2D eigenvalue weighted by molar-refractivity contribution is -0.118. The maximum atomic E-state index is 13.0. The zero-order chi connectivity index (χ0) is 99.3. The molecule has 21 nitrogen and oxygen atoms in total. The van der Waals surface area contributed by atoms with Crippen LogP contribution < -0.4 is 31.3 Å². The Bertz CT molecular complexity index is 6630. The number of nitrogens with one attached hydrogen (secondary N) is 5. The van der Waals surface area contributed by atoms with Crippen LogP contribution in [0.5, 0.6) is 5.75 Å². The van der Waals surface area contributed by atoms with Gasteiger partial charge in [0.25, 0.3) is 0 Å². The Kier molecular flexibility index (Phi) is 36.1. The minimum Gasteiger partial charge on any atom is -0.489 e. The number of carbonyl (C=O) groups excluding carboxylic acids is 5. The average molecular weight is 1870 g/mol. The fourth-order valence-electron chi connectivity index (χ4n) is 16.1. The van der Waals surface area contributed by atoms with Crippen molar-refractivity contribution in [2.75, 3.05) is 26.6 Å². The van der Waals surface area contributed by atoms with Crippen molar-refractivity contribution in [1.29, 1.82) is 0 Å². The molecule has 1 fully saturated rings. The summed E-state index contributed by atoms with van der Waals surface area (Å²) in [7, 11) is 0. The van der Waals surface area contributed by atoms with Gasteiger partial charge in [0.05, 0.1) is 64.7 Å². The van der Waals surface area contributed by atoms with E-state index in [4.69, 9.17) is 18.9 Å². The summed E-state index contributed by atoms with van der Waals surface area (Å²) in [5, 5.41) is 36.9. The third kappa shape index (κ3) is 29.3. The summed E-state index contributed by atoms with van der Waals surface area (Å²) < 4.78 is 21.8. The van der Waals surface area contributed by atoms with Crippen LogP contribution in [0.1, 0.15) is 210 Å². The number of ether oxygens (including phenoxy) is 1. The first-order chi connectivity index (χ1) is 67.5. The van der Waals surface area contributed by atoms with E-state index in [1.54, 1.807) is 29.4 Å². The van der Waals surface area contributed by atoms with Gasteiger partial charge >= 0.3 is 0 Å². The van der Waals surface area contributed by atoms with E-state index in [0.717, 1.165) is 110 Å². The lowest BCUT2D eigenvalue weighted by Crippen LogP contribution is -2.20. The summed E-state index contributed by atoms with van der Waals surface area (Å²) in [6.45, 7) is 33.5. The molecule has 21 heteroatoms. The van der Waals surface area contributed by atoms with Crippen molar-refractivity contribution in [3.8, 4) is 45.3 Å². The molecule has 17 rings (SSSR count). The van der Waals surface area contributed by atoms with Crippen molar-refractivity contribution in [2.24, 2.45) is 23.7 Å². The van der Waals surface area contributed by atoms with E-state index in [1.165, 1.54) is 40.7 Å². The molecule has 5 heterocycles. The van der Waals surface area contributed by atoms with E-state index < -0.39 is 0 Å². The highest BCUT2D eigenvalue weighted by molar-refractivity contribution is 6.00. The first-order valence-corrected chi connectivity index (χ1v) is 48.6. The van der Waals surface area contributed by atoms with Crippen LogP contribution in [0.3, 0.4) is 0 Å². The molecule has 4 unspecified atom stereocenters. The van der Waals surface area contributed by atoms with Crippen molar-refractivity contribution in [2.45, 2.75) is 192 Å². The molecule has 4 atom stereocenters. The van der Waals surface area contributed by atoms with Crippen LogP contribution in [0.25, 0.3) is 39.6 Å². The summed E-state index contributed by atoms with van der Waals surface area (Å²) >= 11 is 0. The van der Waals surface area contributed by atoms with Gasteiger partial charge < -0.3 is 40.4 Å². The fourth-order valence-corrected chi connectivity index (χ4v) is 16.1. The molecular weight excluding hydrogens is 1740 g/mol. The van der Waals surface area contributed by atoms with Gasteiger partial charge in [-0.2, -0.15) is 15.3 Å². The number of benzene rings is 11. The molecule has 140 heavy (non-hydrogen) atoms. The van der Waals surface area contributed by atoms with Gasteiger partial charge in [0.1, 0.15) is 52.6 Å². The number of carbonyl (C=O) groups is 5. The third-order valence-corrected chi connectivity index (χ3v) is 24.2. The van der Waals surface area contributed by atoms with Gasteiger partial charge in [-0.05, 0) is 222 Å². The summed E-state index contributed by atoms with van der Waals surface area (Å²) in [5.74, 6) is 5.79. The summed E-state index contributed by atoms with van der Waals surface area (Å²) in [4.78, 5) is 64.0. The van der Waals surface area contributed by atoms with Gasteiger partial charge in [-0.15, -0.1) is 0 Å². The quantitative estimate of drug-likeness (QED) is 0.0263.